The molecular weight excluding hydrogens is 326 g/mol. The maximum Gasteiger partial charge on any atom is 0.0416 e. The minimum absolute atomic E-state index is 0.390. The monoisotopic (exact) mass is 353 g/mol. The van der Waals surface area contributed by atoms with Crippen LogP contribution in [0.2, 0.25) is 0 Å². The lowest BCUT2D eigenvalue weighted by atomic mass is 10.0. The van der Waals surface area contributed by atoms with Gasteiger partial charge < -0.3 is 15.1 Å². The van der Waals surface area contributed by atoms with E-state index in [1.54, 1.807) is 0 Å². The van der Waals surface area contributed by atoms with Crippen LogP contribution in [0.25, 0.3) is 0 Å². The summed E-state index contributed by atoms with van der Waals surface area (Å²) in [5.41, 5.74) is 2.80. The molecule has 1 aliphatic rings. The van der Waals surface area contributed by atoms with E-state index < -0.39 is 0 Å². The van der Waals surface area contributed by atoms with Crippen molar-refractivity contribution in [1.82, 2.24) is 10.2 Å². The van der Waals surface area contributed by atoms with E-state index in [1.807, 2.05) is 0 Å². The summed E-state index contributed by atoms with van der Waals surface area (Å²) in [6.45, 7) is 13.6. The van der Waals surface area contributed by atoms with E-state index in [4.69, 9.17) is 0 Å². The Morgan fingerprint density at radius 2 is 1.90 bits per heavy atom. The second kappa shape index (κ2) is 8.16. The van der Waals surface area contributed by atoms with Crippen LogP contribution in [0, 0.1) is 0 Å². The molecule has 1 aromatic carbocycles. The van der Waals surface area contributed by atoms with Crippen molar-refractivity contribution in [3.63, 3.8) is 0 Å². The van der Waals surface area contributed by atoms with Gasteiger partial charge in [0.25, 0.3) is 0 Å². The molecule has 1 fully saturated rings. The first-order valence-corrected chi connectivity index (χ1v) is 8.95. The topological polar surface area (TPSA) is 18.5 Å². The van der Waals surface area contributed by atoms with Gasteiger partial charge in [0.1, 0.15) is 0 Å². The summed E-state index contributed by atoms with van der Waals surface area (Å²) in [7, 11) is 0. The smallest absolute Gasteiger partial charge is 0.0416 e. The predicted molar refractivity (Wildman–Crippen MR) is 95.2 cm³/mol. The molecule has 0 bridgehead atoms. The first-order valence-electron chi connectivity index (χ1n) is 8.15. The van der Waals surface area contributed by atoms with Gasteiger partial charge in [-0.1, -0.05) is 29.8 Å². The van der Waals surface area contributed by atoms with Crippen molar-refractivity contribution in [2.45, 2.75) is 33.2 Å². The van der Waals surface area contributed by atoms with E-state index in [1.165, 1.54) is 35.2 Å². The summed E-state index contributed by atoms with van der Waals surface area (Å²) in [4.78, 5) is 5.06. The molecule has 1 aromatic rings. The molecule has 21 heavy (non-hydrogen) atoms. The molecule has 3 nitrogen and oxygen atoms in total. The highest BCUT2D eigenvalue weighted by Crippen LogP contribution is 2.30. The van der Waals surface area contributed by atoms with E-state index in [0.29, 0.717) is 6.04 Å². The third-order valence-electron chi connectivity index (χ3n) is 4.32. The Balaban J connectivity index is 2.15. The normalized spacial score (nSPS) is 18.0. The Bertz CT molecular complexity index is 442. The van der Waals surface area contributed by atoms with Crippen molar-refractivity contribution in [1.29, 1.82) is 0 Å². The van der Waals surface area contributed by atoms with Crippen LogP contribution in [0.15, 0.2) is 22.7 Å². The first-order chi connectivity index (χ1) is 10.2. The van der Waals surface area contributed by atoms with E-state index in [2.05, 4.69) is 70.0 Å². The van der Waals surface area contributed by atoms with Crippen LogP contribution >= 0.6 is 15.9 Å². The summed E-state index contributed by atoms with van der Waals surface area (Å²) < 4.78 is 1.17. The van der Waals surface area contributed by atoms with Crippen LogP contribution in [0.3, 0.4) is 0 Å². The highest BCUT2D eigenvalue weighted by Gasteiger charge is 2.20. The summed E-state index contributed by atoms with van der Waals surface area (Å²) in [5, 5.41) is 3.62. The number of nitrogens with one attached hydrogen (secondary N) is 1. The van der Waals surface area contributed by atoms with Crippen LogP contribution in [-0.4, -0.2) is 44.2 Å². The lowest BCUT2D eigenvalue weighted by Gasteiger charge is -2.37. The Morgan fingerprint density at radius 1 is 1.19 bits per heavy atom. The van der Waals surface area contributed by atoms with Gasteiger partial charge in [0.15, 0.2) is 0 Å². The molecule has 1 unspecified atom stereocenters. The molecule has 1 aliphatic heterocycles. The summed E-state index contributed by atoms with van der Waals surface area (Å²) in [6.07, 6.45) is 1.17. The molecule has 0 saturated carbocycles. The van der Waals surface area contributed by atoms with Crippen LogP contribution in [-0.2, 0) is 0 Å². The molecule has 0 aromatic heterocycles. The Labute approximate surface area is 137 Å². The predicted octanol–water partition coefficient (Wildman–Crippen LogP) is 3.65. The van der Waals surface area contributed by atoms with Gasteiger partial charge in [0, 0.05) is 42.4 Å². The van der Waals surface area contributed by atoms with Gasteiger partial charge in [-0.15, -0.1) is 0 Å². The van der Waals surface area contributed by atoms with Crippen molar-refractivity contribution in [3.8, 4) is 0 Å². The second-order valence-electron chi connectivity index (χ2n) is 5.80. The fourth-order valence-electron chi connectivity index (χ4n) is 2.94. The van der Waals surface area contributed by atoms with Gasteiger partial charge in [-0.25, -0.2) is 0 Å². The molecule has 2 rings (SSSR count). The largest absolute Gasteiger partial charge is 0.369 e. The number of hydrogen-bond acceptors (Lipinski definition) is 3. The molecule has 4 heteroatoms. The average Bonchev–Trinajstić information content (AvgIpc) is 2.52. The number of halogens is 1. The van der Waals surface area contributed by atoms with Gasteiger partial charge in [0.2, 0.25) is 0 Å². The van der Waals surface area contributed by atoms with Crippen molar-refractivity contribution in [2.75, 3.05) is 44.2 Å². The minimum atomic E-state index is 0.390. The van der Waals surface area contributed by atoms with Crippen molar-refractivity contribution >= 4 is 21.6 Å². The Morgan fingerprint density at radius 3 is 2.52 bits per heavy atom. The number of rotatable bonds is 6. The van der Waals surface area contributed by atoms with Gasteiger partial charge in [-0.2, -0.15) is 0 Å². The zero-order valence-electron chi connectivity index (χ0n) is 13.5. The van der Waals surface area contributed by atoms with Crippen molar-refractivity contribution in [2.24, 2.45) is 0 Å². The molecule has 118 valence electrons. The number of piperazine rings is 1. The number of hydrogen-bond donors (Lipinski definition) is 1. The van der Waals surface area contributed by atoms with Crippen LogP contribution in [0.1, 0.15) is 38.8 Å². The molecule has 0 radical (unpaired) electrons. The molecule has 1 heterocycles. The van der Waals surface area contributed by atoms with Crippen LogP contribution in [0.5, 0.6) is 0 Å². The summed E-state index contributed by atoms with van der Waals surface area (Å²) in [6, 6.07) is 7.10. The Hall–Kier alpha value is -0.580. The zero-order chi connectivity index (χ0) is 15.2. The molecule has 1 saturated heterocycles. The molecular formula is C17H28BrN3. The van der Waals surface area contributed by atoms with Crippen molar-refractivity contribution in [3.05, 3.63) is 28.2 Å². The summed E-state index contributed by atoms with van der Waals surface area (Å²) >= 11 is 3.62. The second-order valence-corrected chi connectivity index (χ2v) is 6.72. The van der Waals surface area contributed by atoms with Gasteiger partial charge in [-0.05, 0) is 50.2 Å². The molecule has 0 amide bonds. The number of anilines is 1. The van der Waals surface area contributed by atoms with Crippen LogP contribution < -0.4 is 10.2 Å². The van der Waals surface area contributed by atoms with Crippen molar-refractivity contribution < 1.29 is 0 Å². The molecule has 1 atom stereocenters. The van der Waals surface area contributed by atoms with Gasteiger partial charge >= 0.3 is 0 Å². The van der Waals surface area contributed by atoms with E-state index in [0.717, 1.165) is 26.2 Å². The van der Waals surface area contributed by atoms with E-state index in [-0.39, 0.29) is 0 Å². The average molecular weight is 354 g/mol. The lowest BCUT2D eigenvalue weighted by Crippen LogP contribution is -2.46. The molecule has 0 spiro atoms. The number of likely N-dealkylation sites (N-methyl/N-ethyl adjacent to an activating group) is 1. The quantitative estimate of drug-likeness (QED) is 0.841. The SMILES string of the molecule is CCCNC(C)c1cc(Br)ccc1N1CCN(CC)CC1. The number of benzene rings is 1. The maximum atomic E-state index is 3.62. The first kappa shape index (κ1) is 16.8. The Kier molecular flexibility index (Phi) is 6.52. The third-order valence-corrected chi connectivity index (χ3v) is 4.81. The zero-order valence-corrected chi connectivity index (χ0v) is 15.1. The third kappa shape index (κ3) is 4.44. The lowest BCUT2D eigenvalue weighted by molar-refractivity contribution is 0.271. The van der Waals surface area contributed by atoms with E-state index in [9.17, 15) is 0 Å². The minimum Gasteiger partial charge on any atom is -0.369 e. The fourth-order valence-corrected chi connectivity index (χ4v) is 3.31. The van der Waals surface area contributed by atoms with Gasteiger partial charge in [0.05, 0.1) is 0 Å². The molecule has 0 aliphatic carbocycles. The van der Waals surface area contributed by atoms with Crippen LogP contribution in [0.4, 0.5) is 5.69 Å². The highest BCUT2D eigenvalue weighted by atomic mass is 79.9. The standard InChI is InChI=1S/C17H28BrN3/c1-4-8-19-14(3)16-13-15(18)6-7-17(16)21-11-9-20(5-2)10-12-21/h6-7,13-14,19H,4-5,8-12H2,1-3H3. The number of nitrogens with zero attached hydrogens (tertiary/aromatic N) is 2. The summed E-state index contributed by atoms with van der Waals surface area (Å²) in [5.74, 6) is 0. The van der Waals surface area contributed by atoms with E-state index >= 15 is 0 Å². The maximum absolute atomic E-state index is 3.62. The fraction of sp³-hybridized carbons (Fsp3) is 0.647. The molecule has 1 N–H and O–H groups in total. The highest BCUT2D eigenvalue weighted by molar-refractivity contribution is 9.10. The van der Waals surface area contributed by atoms with Gasteiger partial charge in [-0.3, -0.25) is 0 Å².